The summed E-state index contributed by atoms with van der Waals surface area (Å²) in [6, 6.07) is 7.97. The molecule has 9 heteroatoms. The smallest absolute Gasteiger partial charge is 0.414 e. The summed E-state index contributed by atoms with van der Waals surface area (Å²) in [6.45, 7) is 5.41. The Bertz CT molecular complexity index is 651. The Morgan fingerprint density at radius 3 is 1.96 bits per heavy atom. The Hall–Kier alpha value is -2.65. The quantitative estimate of drug-likeness (QED) is 0.723. The predicted octanol–water partition coefficient (Wildman–Crippen LogP) is 0.788. The summed E-state index contributed by atoms with van der Waals surface area (Å²) in [5.41, 5.74) is 0.741. The summed E-state index contributed by atoms with van der Waals surface area (Å²) in [7, 11) is 1.63. The predicted molar refractivity (Wildman–Crippen MR) is 99.6 cm³/mol. The summed E-state index contributed by atoms with van der Waals surface area (Å²) in [5, 5.41) is 14.8. The third-order valence-corrected chi connectivity index (χ3v) is 4.83. The lowest BCUT2D eigenvalue weighted by Crippen LogP contribution is -2.50. The Morgan fingerprint density at radius 1 is 0.964 bits per heavy atom. The highest BCUT2D eigenvalue weighted by Crippen LogP contribution is 2.20. The van der Waals surface area contributed by atoms with Crippen molar-refractivity contribution in [3.05, 3.63) is 29.8 Å². The minimum Gasteiger partial charge on any atom is -0.497 e. The topological polar surface area (TPSA) is 117 Å². The molecule has 0 radical (unpaired) electrons. The van der Waals surface area contributed by atoms with E-state index in [9.17, 15) is 4.79 Å². The molecule has 2 aliphatic heterocycles. The first-order chi connectivity index (χ1) is 13.4. The fraction of sp³-hybridized carbons (Fsp3) is 0.526. The number of nitrogens with zero attached hydrogens (tertiary/aromatic N) is 2. The van der Waals surface area contributed by atoms with Crippen LogP contribution in [0.2, 0.25) is 0 Å². The van der Waals surface area contributed by atoms with Gasteiger partial charge in [0.2, 0.25) is 0 Å². The SMILES string of the molecule is COc1ccc(C(=O)N2CCC(N3CCOCC3)CC2)cc1.O=C(O)C(=O)O. The van der Waals surface area contributed by atoms with Gasteiger partial charge in [0.25, 0.3) is 5.91 Å². The maximum atomic E-state index is 12.5. The van der Waals surface area contributed by atoms with E-state index >= 15 is 0 Å². The molecule has 0 unspecified atom stereocenters. The van der Waals surface area contributed by atoms with Crippen molar-refractivity contribution < 1.29 is 34.1 Å². The van der Waals surface area contributed by atoms with E-state index in [0.717, 1.165) is 63.5 Å². The number of amides is 1. The van der Waals surface area contributed by atoms with Gasteiger partial charge in [0.05, 0.1) is 20.3 Å². The van der Waals surface area contributed by atoms with Gasteiger partial charge < -0.3 is 24.6 Å². The van der Waals surface area contributed by atoms with Gasteiger partial charge in [0.15, 0.2) is 0 Å². The van der Waals surface area contributed by atoms with Crippen molar-refractivity contribution in [3.8, 4) is 5.75 Å². The van der Waals surface area contributed by atoms with Crippen molar-refractivity contribution in [2.45, 2.75) is 18.9 Å². The van der Waals surface area contributed by atoms with Crippen molar-refractivity contribution in [3.63, 3.8) is 0 Å². The van der Waals surface area contributed by atoms with Crippen LogP contribution in [0.3, 0.4) is 0 Å². The Balaban J connectivity index is 0.000000409. The number of rotatable bonds is 3. The average molecular weight is 394 g/mol. The van der Waals surface area contributed by atoms with E-state index in [1.54, 1.807) is 7.11 Å². The molecule has 0 saturated carbocycles. The number of methoxy groups -OCH3 is 1. The maximum absolute atomic E-state index is 12.5. The molecule has 2 fully saturated rings. The number of morpholine rings is 1. The number of aliphatic carboxylic acids is 2. The van der Waals surface area contributed by atoms with E-state index in [4.69, 9.17) is 29.3 Å². The molecular formula is C19H26N2O7. The molecule has 1 aromatic rings. The van der Waals surface area contributed by atoms with Crippen LogP contribution >= 0.6 is 0 Å². The molecule has 0 spiro atoms. The van der Waals surface area contributed by atoms with E-state index in [1.807, 2.05) is 29.2 Å². The van der Waals surface area contributed by atoms with Crippen LogP contribution in [-0.2, 0) is 14.3 Å². The Labute approximate surface area is 163 Å². The number of carboxylic acid groups (broad SMARTS) is 2. The molecule has 0 aromatic heterocycles. The Morgan fingerprint density at radius 2 is 1.50 bits per heavy atom. The van der Waals surface area contributed by atoms with Crippen molar-refractivity contribution in [1.82, 2.24) is 9.80 Å². The van der Waals surface area contributed by atoms with Crippen LogP contribution in [0.5, 0.6) is 5.75 Å². The van der Waals surface area contributed by atoms with Gasteiger partial charge in [-0.05, 0) is 37.1 Å². The molecule has 0 aliphatic carbocycles. The molecule has 1 aromatic carbocycles. The third-order valence-electron chi connectivity index (χ3n) is 4.83. The highest BCUT2D eigenvalue weighted by atomic mass is 16.5. The molecule has 1 amide bonds. The normalized spacial score (nSPS) is 18.0. The molecular weight excluding hydrogens is 368 g/mol. The highest BCUT2D eigenvalue weighted by molar-refractivity contribution is 6.27. The molecule has 0 bridgehead atoms. The summed E-state index contributed by atoms with van der Waals surface area (Å²) in [6.07, 6.45) is 2.11. The minimum atomic E-state index is -1.82. The maximum Gasteiger partial charge on any atom is 0.414 e. The van der Waals surface area contributed by atoms with Crippen LogP contribution < -0.4 is 4.74 Å². The van der Waals surface area contributed by atoms with E-state index in [2.05, 4.69) is 4.90 Å². The minimum absolute atomic E-state index is 0.128. The molecule has 3 rings (SSSR count). The van der Waals surface area contributed by atoms with Crippen molar-refractivity contribution in [2.24, 2.45) is 0 Å². The average Bonchev–Trinajstić information content (AvgIpc) is 2.74. The van der Waals surface area contributed by atoms with Gasteiger partial charge in [-0.2, -0.15) is 0 Å². The van der Waals surface area contributed by atoms with Crippen LogP contribution in [0, 0.1) is 0 Å². The number of likely N-dealkylation sites (tertiary alicyclic amines) is 1. The largest absolute Gasteiger partial charge is 0.497 e. The van der Waals surface area contributed by atoms with Gasteiger partial charge in [0, 0.05) is 37.8 Å². The van der Waals surface area contributed by atoms with Crippen LogP contribution in [0.25, 0.3) is 0 Å². The molecule has 2 N–H and O–H groups in total. The number of carboxylic acids is 2. The number of piperidine rings is 1. The fourth-order valence-electron chi connectivity index (χ4n) is 3.29. The number of carbonyl (C=O) groups is 3. The fourth-order valence-corrected chi connectivity index (χ4v) is 3.29. The molecule has 154 valence electrons. The Kier molecular flexibility index (Phi) is 8.21. The lowest BCUT2D eigenvalue weighted by Gasteiger charge is -2.40. The number of hydrogen-bond acceptors (Lipinski definition) is 6. The van der Waals surface area contributed by atoms with Gasteiger partial charge in [-0.1, -0.05) is 0 Å². The monoisotopic (exact) mass is 394 g/mol. The van der Waals surface area contributed by atoms with Crippen molar-refractivity contribution >= 4 is 17.8 Å². The van der Waals surface area contributed by atoms with Crippen molar-refractivity contribution in [2.75, 3.05) is 46.5 Å². The standard InChI is InChI=1S/C17H24N2O3.C2H2O4/c1-21-16-4-2-14(3-5-16)17(20)19-8-6-15(7-9-19)18-10-12-22-13-11-18;3-1(4)2(5)6/h2-5,15H,6-13H2,1H3;(H,3,4)(H,5,6). The van der Waals surface area contributed by atoms with Gasteiger partial charge >= 0.3 is 11.9 Å². The van der Waals surface area contributed by atoms with Crippen LogP contribution in [0.1, 0.15) is 23.2 Å². The van der Waals surface area contributed by atoms with Gasteiger partial charge in [-0.3, -0.25) is 9.69 Å². The van der Waals surface area contributed by atoms with Gasteiger partial charge in [0.1, 0.15) is 5.75 Å². The lowest BCUT2D eigenvalue weighted by molar-refractivity contribution is -0.159. The molecule has 0 atom stereocenters. The first-order valence-corrected chi connectivity index (χ1v) is 9.13. The second kappa shape index (κ2) is 10.6. The van der Waals surface area contributed by atoms with E-state index in [0.29, 0.717) is 6.04 Å². The number of carbonyl (C=O) groups excluding carboxylic acids is 1. The first kappa shape index (κ1) is 21.6. The van der Waals surface area contributed by atoms with E-state index in [1.165, 1.54) is 0 Å². The molecule has 9 nitrogen and oxygen atoms in total. The highest BCUT2D eigenvalue weighted by Gasteiger charge is 2.28. The number of ether oxygens (including phenoxy) is 2. The third kappa shape index (κ3) is 6.21. The summed E-state index contributed by atoms with van der Waals surface area (Å²) in [4.78, 5) is 35.2. The second-order valence-electron chi connectivity index (χ2n) is 6.51. The second-order valence-corrected chi connectivity index (χ2v) is 6.51. The number of benzene rings is 1. The molecule has 2 heterocycles. The number of hydrogen-bond donors (Lipinski definition) is 2. The zero-order valence-corrected chi connectivity index (χ0v) is 15.9. The molecule has 28 heavy (non-hydrogen) atoms. The summed E-state index contributed by atoms with van der Waals surface area (Å²) < 4.78 is 10.5. The van der Waals surface area contributed by atoms with Crippen molar-refractivity contribution in [1.29, 1.82) is 0 Å². The van der Waals surface area contributed by atoms with Gasteiger partial charge in [-0.15, -0.1) is 0 Å². The van der Waals surface area contributed by atoms with Gasteiger partial charge in [-0.25, -0.2) is 9.59 Å². The first-order valence-electron chi connectivity index (χ1n) is 9.13. The van der Waals surface area contributed by atoms with E-state index in [-0.39, 0.29) is 5.91 Å². The van der Waals surface area contributed by atoms with E-state index < -0.39 is 11.9 Å². The lowest BCUT2D eigenvalue weighted by atomic mass is 10.0. The molecule has 2 aliphatic rings. The van der Waals surface area contributed by atoms with Crippen LogP contribution in [0.4, 0.5) is 0 Å². The van der Waals surface area contributed by atoms with Crippen LogP contribution in [0.15, 0.2) is 24.3 Å². The zero-order valence-electron chi connectivity index (χ0n) is 15.9. The van der Waals surface area contributed by atoms with Crippen LogP contribution in [-0.4, -0.2) is 90.4 Å². The zero-order chi connectivity index (χ0) is 20.5. The molecule has 2 saturated heterocycles. The summed E-state index contributed by atoms with van der Waals surface area (Å²) in [5.74, 6) is -2.74. The summed E-state index contributed by atoms with van der Waals surface area (Å²) >= 11 is 0.